The second-order valence-electron chi connectivity index (χ2n) is 4.89. The minimum absolute atomic E-state index is 0. The lowest BCUT2D eigenvalue weighted by atomic mass is 10.1. The van der Waals surface area contributed by atoms with E-state index < -0.39 is 0 Å². The van der Waals surface area contributed by atoms with Crippen LogP contribution in [0.1, 0.15) is 25.3 Å². The summed E-state index contributed by atoms with van der Waals surface area (Å²) in [5.74, 6) is 0.867. The zero-order valence-electron chi connectivity index (χ0n) is 12.7. The smallest absolute Gasteiger partial charge is 0.191 e. The lowest BCUT2D eigenvalue weighted by molar-refractivity contribution is 0.729. The van der Waals surface area contributed by atoms with Crippen molar-refractivity contribution in [3.63, 3.8) is 0 Å². The molecule has 0 aromatic heterocycles. The van der Waals surface area contributed by atoms with Crippen LogP contribution in [0.15, 0.2) is 47.5 Å². The van der Waals surface area contributed by atoms with Crippen LogP contribution in [0.2, 0.25) is 0 Å². The fourth-order valence-electron chi connectivity index (χ4n) is 2.14. The molecule has 0 radical (unpaired) electrons. The third kappa shape index (κ3) is 5.53. The SMILES string of the molecule is CCCCNC(=NC)NCc1ccc2ccccc2c1.I. The fourth-order valence-corrected chi connectivity index (χ4v) is 2.14. The van der Waals surface area contributed by atoms with Gasteiger partial charge < -0.3 is 10.6 Å². The Kier molecular flexibility index (Phi) is 8.12. The van der Waals surface area contributed by atoms with Gasteiger partial charge in [0.2, 0.25) is 0 Å². The van der Waals surface area contributed by atoms with Gasteiger partial charge in [0.25, 0.3) is 0 Å². The van der Waals surface area contributed by atoms with Gasteiger partial charge in [-0.3, -0.25) is 4.99 Å². The first kappa shape index (κ1) is 17.8. The molecule has 0 aliphatic rings. The predicted molar refractivity (Wildman–Crippen MR) is 102 cm³/mol. The Morgan fingerprint density at radius 3 is 2.52 bits per heavy atom. The molecule has 0 heterocycles. The molecule has 0 fully saturated rings. The number of benzene rings is 2. The Hall–Kier alpha value is -1.30. The van der Waals surface area contributed by atoms with Crippen molar-refractivity contribution in [3.8, 4) is 0 Å². The molecule has 3 nitrogen and oxygen atoms in total. The van der Waals surface area contributed by atoms with Crippen molar-refractivity contribution in [2.75, 3.05) is 13.6 Å². The predicted octanol–water partition coefficient (Wildman–Crippen LogP) is 3.92. The van der Waals surface area contributed by atoms with E-state index in [1.165, 1.54) is 22.8 Å². The highest BCUT2D eigenvalue weighted by molar-refractivity contribution is 14.0. The van der Waals surface area contributed by atoms with Crippen molar-refractivity contribution in [3.05, 3.63) is 48.0 Å². The van der Waals surface area contributed by atoms with Crippen LogP contribution in [0.3, 0.4) is 0 Å². The first-order valence-corrected chi connectivity index (χ1v) is 7.25. The summed E-state index contributed by atoms with van der Waals surface area (Å²) in [5.41, 5.74) is 1.27. The van der Waals surface area contributed by atoms with Gasteiger partial charge >= 0.3 is 0 Å². The number of guanidine groups is 1. The molecule has 2 rings (SSSR count). The van der Waals surface area contributed by atoms with E-state index in [9.17, 15) is 0 Å². The van der Waals surface area contributed by atoms with Gasteiger partial charge in [-0.25, -0.2) is 0 Å². The molecule has 0 saturated carbocycles. The average molecular weight is 397 g/mol. The Morgan fingerprint density at radius 1 is 1.05 bits per heavy atom. The molecule has 0 bridgehead atoms. The molecule has 0 aliphatic carbocycles. The molecule has 0 spiro atoms. The summed E-state index contributed by atoms with van der Waals surface area (Å²) in [7, 11) is 1.81. The van der Waals surface area contributed by atoms with E-state index in [0.717, 1.165) is 25.5 Å². The molecule has 0 atom stereocenters. The average Bonchev–Trinajstić information content (AvgIpc) is 2.50. The molecule has 2 N–H and O–H groups in total. The number of unbranched alkanes of at least 4 members (excludes halogenated alkanes) is 1. The molecular weight excluding hydrogens is 373 g/mol. The van der Waals surface area contributed by atoms with E-state index in [2.05, 4.69) is 65.0 Å². The normalized spacial score (nSPS) is 11.0. The summed E-state index contributed by atoms with van der Waals surface area (Å²) in [6.07, 6.45) is 2.35. The highest BCUT2D eigenvalue weighted by Gasteiger charge is 1.99. The molecule has 0 saturated heterocycles. The topological polar surface area (TPSA) is 36.4 Å². The van der Waals surface area contributed by atoms with Crippen molar-refractivity contribution in [2.24, 2.45) is 4.99 Å². The van der Waals surface area contributed by atoms with Crippen LogP contribution in [-0.2, 0) is 6.54 Å². The van der Waals surface area contributed by atoms with Crippen LogP contribution in [0.25, 0.3) is 10.8 Å². The van der Waals surface area contributed by atoms with Crippen LogP contribution in [0.5, 0.6) is 0 Å². The molecule has 114 valence electrons. The van der Waals surface area contributed by atoms with E-state index in [4.69, 9.17) is 0 Å². The maximum Gasteiger partial charge on any atom is 0.191 e. The number of fused-ring (bicyclic) bond motifs is 1. The molecular formula is C17H24IN3. The maximum absolute atomic E-state index is 4.23. The van der Waals surface area contributed by atoms with Gasteiger partial charge in [0.05, 0.1) is 0 Å². The first-order chi connectivity index (χ1) is 9.83. The van der Waals surface area contributed by atoms with Crippen molar-refractivity contribution < 1.29 is 0 Å². The summed E-state index contributed by atoms with van der Waals surface area (Å²) >= 11 is 0. The van der Waals surface area contributed by atoms with Gasteiger partial charge in [0, 0.05) is 20.1 Å². The lowest BCUT2D eigenvalue weighted by Crippen LogP contribution is -2.37. The van der Waals surface area contributed by atoms with Crippen molar-refractivity contribution >= 4 is 40.7 Å². The number of nitrogens with zero attached hydrogens (tertiary/aromatic N) is 1. The zero-order valence-corrected chi connectivity index (χ0v) is 15.1. The maximum atomic E-state index is 4.23. The van der Waals surface area contributed by atoms with Gasteiger partial charge in [-0.2, -0.15) is 0 Å². The van der Waals surface area contributed by atoms with E-state index in [1.54, 1.807) is 0 Å². The highest BCUT2D eigenvalue weighted by Crippen LogP contribution is 2.15. The molecule has 2 aromatic carbocycles. The Bertz CT molecular complexity index is 581. The number of hydrogen-bond acceptors (Lipinski definition) is 1. The van der Waals surface area contributed by atoms with Gasteiger partial charge in [-0.15, -0.1) is 24.0 Å². The van der Waals surface area contributed by atoms with Crippen LogP contribution in [-0.4, -0.2) is 19.6 Å². The number of nitrogens with one attached hydrogen (secondary N) is 2. The molecule has 0 unspecified atom stereocenters. The number of halogens is 1. The van der Waals surface area contributed by atoms with Crippen molar-refractivity contribution in [2.45, 2.75) is 26.3 Å². The molecule has 0 aliphatic heterocycles. The van der Waals surface area contributed by atoms with Crippen LogP contribution < -0.4 is 10.6 Å². The van der Waals surface area contributed by atoms with Gasteiger partial charge in [0.1, 0.15) is 0 Å². The standard InChI is InChI=1S/C17H23N3.HI/c1-3-4-11-19-17(18-2)20-13-14-9-10-15-7-5-6-8-16(15)12-14;/h5-10,12H,3-4,11,13H2,1-2H3,(H2,18,19,20);1H. The summed E-state index contributed by atoms with van der Waals surface area (Å²) in [4.78, 5) is 4.23. The van der Waals surface area contributed by atoms with Gasteiger partial charge in [-0.05, 0) is 28.8 Å². The van der Waals surface area contributed by atoms with E-state index >= 15 is 0 Å². The fraction of sp³-hybridized carbons (Fsp3) is 0.353. The summed E-state index contributed by atoms with van der Waals surface area (Å²) in [6.45, 7) is 3.94. The summed E-state index contributed by atoms with van der Waals surface area (Å²) in [5, 5.41) is 9.22. The minimum atomic E-state index is 0. The quantitative estimate of drug-likeness (QED) is 0.347. The Morgan fingerprint density at radius 2 is 1.81 bits per heavy atom. The van der Waals surface area contributed by atoms with Crippen LogP contribution in [0.4, 0.5) is 0 Å². The summed E-state index contributed by atoms with van der Waals surface area (Å²) < 4.78 is 0. The van der Waals surface area contributed by atoms with E-state index in [1.807, 2.05) is 7.05 Å². The third-order valence-electron chi connectivity index (χ3n) is 3.32. The zero-order chi connectivity index (χ0) is 14.2. The largest absolute Gasteiger partial charge is 0.356 e. The minimum Gasteiger partial charge on any atom is -0.356 e. The molecule has 2 aromatic rings. The van der Waals surface area contributed by atoms with Crippen LogP contribution >= 0.6 is 24.0 Å². The van der Waals surface area contributed by atoms with Gasteiger partial charge in [-0.1, -0.05) is 49.7 Å². The second-order valence-corrected chi connectivity index (χ2v) is 4.89. The first-order valence-electron chi connectivity index (χ1n) is 7.25. The molecule has 4 heteroatoms. The number of aliphatic imine (C=N–C) groups is 1. The Balaban J connectivity index is 0.00000220. The molecule has 0 amide bonds. The summed E-state index contributed by atoms with van der Waals surface area (Å²) in [6, 6.07) is 15.0. The highest BCUT2D eigenvalue weighted by atomic mass is 127. The van der Waals surface area contributed by atoms with Gasteiger partial charge in [0.15, 0.2) is 5.96 Å². The number of rotatable bonds is 5. The number of hydrogen-bond donors (Lipinski definition) is 2. The van der Waals surface area contributed by atoms with Crippen molar-refractivity contribution in [1.29, 1.82) is 0 Å². The second kappa shape index (κ2) is 9.60. The van der Waals surface area contributed by atoms with E-state index in [0.29, 0.717) is 0 Å². The lowest BCUT2D eigenvalue weighted by Gasteiger charge is -2.12. The third-order valence-corrected chi connectivity index (χ3v) is 3.32. The van der Waals surface area contributed by atoms with Crippen LogP contribution in [0, 0.1) is 0 Å². The van der Waals surface area contributed by atoms with Crippen molar-refractivity contribution in [1.82, 2.24) is 10.6 Å². The molecule has 21 heavy (non-hydrogen) atoms. The Labute approximate surface area is 144 Å². The monoisotopic (exact) mass is 397 g/mol. The van der Waals surface area contributed by atoms with E-state index in [-0.39, 0.29) is 24.0 Å².